The molecular formula is C16H11F3N2O2S. The third-order valence-corrected chi connectivity index (χ3v) is 4.05. The van der Waals surface area contributed by atoms with E-state index in [0.29, 0.717) is 11.5 Å². The molecule has 24 heavy (non-hydrogen) atoms. The average Bonchev–Trinajstić information content (AvgIpc) is 3.17. The van der Waals surface area contributed by atoms with Crippen molar-refractivity contribution in [2.45, 2.75) is 12.6 Å². The molecule has 0 spiro atoms. The molecule has 8 heteroatoms. The number of carbonyl (C=O) groups excluding carboxylic acids is 1. The smallest absolute Gasteiger partial charge is 0.355 e. The molecule has 2 aromatic heterocycles. The van der Waals surface area contributed by atoms with Gasteiger partial charge >= 0.3 is 6.18 Å². The molecule has 3 aromatic rings. The Morgan fingerprint density at radius 1 is 1.21 bits per heavy atom. The number of rotatable bonds is 4. The van der Waals surface area contributed by atoms with Gasteiger partial charge in [0.25, 0.3) is 0 Å². The number of aromatic nitrogens is 1. The number of alkyl halides is 3. The molecule has 0 unspecified atom stereocenters. The van der Waals surface area contributed by atoms with Gasteiger partial charge in [-0.05, 0) is 35.7 Å². The van der Waals surface area contributed by atoms with Gasteiger partial charge < -0.3 is 9.84 Å². The molecule has 0 atom stereocenters. The minimum absolute atomic E-state index is 0.0318. The quantitative estimate of drug-likeness (QED) is 0.746. The summed E-state index contributed by atoms with van der Waals surface area (Å²) in [6.07, 6.45) is -4.43. The summed E-state index contributed by atoms with van der Waals surface area (Å²) in [4.78, 5) is 12.8. The highest BCUT2D eigenvalue weighted by Crippen LogP contribution is 2.30. The van der Waals surface area contributed by atoms with Crippen molar-refractivity contribution in [1.82, 2.24) is 5.16 Å². The van der Waals surface area contributed by atoms with E-state index in [9.17, 15) is 18.0 Å². The van der Waals surface area contributed by atoms with E-state index in [0.717, 1.165) is 17.0 Å². The number of nitrogens with zero attached hydrogens (tertiary/aromatic N) is 1. The maximum Gasteiger partial charge on any atom is 0.416 e. The Hall–Kier alpha value is -2.61. The fraction of sp³-hybridized carbons (Fsp3) is 0.125. The summed E-state index contributed by atoms with van der Waals surface area (Å²) in [7, 11) is 0. The van der Waals surface area contributed by atoms with Crippen LogP contribution in [0.3, 0.4) is 0 Å². The van der Waals surface area contributed by atoms with E-state index in [-0.39, 0.29) is 18.0 Å². The number of amides is 1. The molecule has 0 saturated carbocycles. The normalized spacial score (nSPS) is 11.5. The van der Waals surface area contributed by atoms with Crippen LogP contribution in [0.2, 0.25) is 0 Å². The van der Waals surface area contributed by atoms with Crippen molar-refractivity contribution in [1.29, 1.82) is 0 Å². The molecule has 0 aliphatic heterocycles. The van der Waals surface area contributed by atoms with Gasteiger partial charge in [0.2, 0.25) is 5.91 Å². The molecule has 1 aromatic carbocycles. The number of hydrogen-bond donors (Lipinski definition) is 1. The Balaban J connectivity index is 1.62. The van der Waals surface area contributed by atoms with E-state index in [4.69, 9.17) is 4.52 Å². The maximum absolute atomic E-state index is 12.5. The average molecular weight is 352 g/mol. The molecule has 3 rings (SSSR count). The molecule has 0 radical (unpaired) electrons. The lowest BCUT2D eigenvalue weighted by molar-refractivity contribution is -0.137. The largest absolute Gasteiger partial charge is 0.416 e. The van der Waals surface area contributed by atoms with E-state index in [1.54, 1.807) is 6.07 Å². The second kappa shape index (κ2) is 6.48. The van der Waals surface area contributed by atoms with Gasteiger partial charge in [-0.25, -0.2) is 0 Å². The van der Waals surface area contributed by atoms with Crippen molar-refractivity contribution in [2.24, 2.45) is 0 Å². The Kier molecular flexibility index (Phi) is 4.39. The highest BCUT2D eigenvalue weighted by molar-refractivity contribution is 7.13. The van der Waals surface area contributed by atoms with Gasteiger partial charge in [0.15, 0.2) is 5.76 Å². The molecule has 1 N–H and O–H groups in total. The van der Waals surface area contributed by atoms with Gasteiger partial charge in [0, 0.05) is 11.8 Å². The lowest BCUT2D eigenvalue weighted by Gasteiger charge is -2.08. The summed E-state index contributed by atoms with van der Waals surface area (Å²) in [5.74, 6) is 0.183. The van der Waals surface area contributed by atoms with E-state index >= 15 is 0 Å². The van der Waals surface area contributed by atoms with Crippen LogP contribution in [-0.4, -0.2) is 11.1 Å². The van der Waals surface area contributed by atoms with Crippen LogP contribution in [0.1, 0.15) is 11.3 Å². The van der Waals surface area contributed by atoms with Crippen LogP contribution >= 0.6 is 11.3 Å². The van der Waals surface area contributed by atoms with Gasteiger partial charge in [-0.3, -0.25) is 4.79 Å². The van der Waals surface area contributed by atoms with Gasteiger partial charge in [-0.15, -0.1) is 11.3 Å². The summed E-state index contributed by atoms with van der Waals surface area (Å²) >= 11 is 1.49. The molecule has 2 heterocycles. The molecule has 0 bridgehead atoms. The minimum atomic E-state index is -4.40. The summed E-state index contributed by atoms with van der Waals surface area (Å²) < 4.78 is 42.6. The molecule has 0 saturated heterocycles. The van der Waals surface area contributed by atoms with Crippen molar-refractivity contribution in [3.05, 3.63) is 59.1 Å². The molecule has 0 fully saturated rings. The predicted molar refractivity (Wildman–Crippen MR) is 83.6 cm³/mol. The van der Waals surface area contributed by atoms with Gasteiger partial charge in [0.1, 0.15) is 0 Å². The summed E-state index contributed by atoms with van der Waals surface area (Å²) in [6, 6.07) is 9.66. The Morgan fingerprint density at radius 2 is 1.96 bits per heavy atom. The summed E-state index contributed by atoms with van der Waals surface area (Å²) in [5, 5.41) is 8.25. The molecule has 1 amide bonds. The zero-order chi connectivity index (χ0) is 17.2. The number of halogens is 3. The lowest BCUT2D eigenvalue weighted by Crippen LogP contribution is -2.14. The van der Waals surface area contributed by atoms with Gasteiger partial charge in [-0.1, -0.05) is 11.2 Å². The number of hydrogen-bond acceptors (Lipinski definition) is 4. The monoisotopic (exact) mass is 352 g/mol. The van der Waals surface area contributed by atoms with Crippen LogP contribution < -0.4 is 5.32 Å². The Bertz CT molecular complexity index is 824. The number of carbonyl (C=O) groups is 1. The van der Waals surface area contributed by atoms with Crippen molar-refractivity contribution in [2.75, 3.05) is 5.32 Å². The van der Waals surface area contributed by atoms with Crippen LogP contribution in [0.25, 0.3) is 10.6 Å². The zero-order valence-corrected chi connectivity index (χ0v) is 12.9. The number of thiophene rings is 1. The predicted octanol–water partition coefficient (Wildman–Crippen LogP) is 4.60. The number of nitrogens with one attached hydrogen (secondary N) is 1. The van der Waals surface area contributed by atoms with Gasteiger partial charge in [-0.2, -0.15) is 13.2 Å². The SMILES string of the molecule is O=C(Cc1cc(-c2cccs2)on1)Nc1ccc(C(F)(F)F)cc1. The Morgan fingerprint density at radius 3 is 2.58 bits per heavy atom. The highest BCUT2D eigenvalue weighted by Gasteiger charge is 2.30. The van der Waals surface area contributed by atoms with Crippen molar-refractivity contribution in [3.8, 4) is 10.6 Å². The highest BCUT2D eigenvalue weighted by atomic mass is 32.1. The first-order valence-electron chi connectivity index (χ1n) is 6.88. The fourth-order valence-electron chi connectivity index (χ4n) is 2.04. The topological polar surface area (TPSA) is 55.1 Å². The fourth-order valence-corrected chi connectivity index (χ4v) is 2.72. The minimum Gasteiger partial charge on any atom is -0.355 e. The van der Waals surface area contributed by atoms with E-state index < -0.39 is 11.7 Å². The van der Waals surface area contributed by atoms with Crippen molar-refractivity contribution < 1.29 is 22.5 Å². The van der Waals surface area contributed by atoms with E-state index in [1.807, 2.05) is 17.5 Å². The molecule has 4 nitrogen and oxygen atoms in total. The van der Waals surface area contributed by atoms with Crippen molar-refractivity contribution >= 4 is 22.9 Å². The van der Waals surface area contributed by atoms with Crippen LogP contribution in [0.15, 0.2) is 52.4 Å². The summed E-state index contributed by atoms with van der Waals surface area (Å²) in [5.41, 5.74) is -0.0321. The standard InChI is InChI=1S/C16H11F3N2O2S/c17-16(18,19)10-3-5-11(6-4-10)20-15(22)9-12-8-13(23-21-12)14-2-1-7-24-14/h1-8H,9H2,(H,20,22). The third-order valence-electron chi connectivity index (χ3n) is 3.16. The lowest BCUT2D eigenvalue weighted by atomic mass is 10.2. The van der Waals surface area contributed by atoms with Crippen molar-refractivity contribution in [3.63, 3.8) is 0 Å². The van der Waals surface area contributed by atoms with Crippen LogP contribution in [0.4, 0.5) is 18.9 Å². The first kappa shape index (κ1) is 16.3. The number of benzene rings is 1. The first-order valence-corrected chi connectivity index (χ1v) is 7.76. The van der Waals surface area contributed by atoms with E-state index in [2.05, 4.69) is 10.5 Å². The summed E-state index contributed by atoms with van der Waals surface area (Å²) in [6.45, 7) is 0. The van der Waals surface area contributed by atoms with E-state index in [1.165, 1.54) is 23.5 Å². The molecule has 0 aliphatic rings. The first-order chi connectivity index (χ1) is 11.4. The van der Waals surface area contributed by atoms with Crippen LogP contribution in [-0.2, 0) is 17.4 Å². The van der Waals surface area contributed by atoms with Crippen LogP contribution in [0.5, 0.6) is 0 Å². The maximum atomic E-state index is 12.5. The zero-order valence-electron chi connectivity index (χ0n) is 12.1. The number of anilines is 1. The molecule has 0 aliphatic carbocycles. The van der Waals surface area contributed by atoms with Gasteiger partial charge in [0.05, 0.1) is 22.6 Å². The second-order valence-electron chi connectivity index (χ2n) is 4.96. The molecular weight excluding hydrogens is 341 g/mol. The second-order valence-corrected chi connectivity index (χ2v) is 5.91. The third kappa shape index (κ3) is 3.83. The van der Waals surface area contributed by atoms with Crippen LogP contribution in [0, 0.1) is 0 Å². The molecule has 124 valence electrons. The Labute approximate surface area is 138 Å².